The molecule has 2 heterocycles. The minimum Gasteiger partial charge on any atom is -0.379 e. The third-order valence-electron chi connectivity index (χ3n) is 5.35. The molecule has 0 atom stereocenters. The number of fused-ring (bicyclic) bond motifs is 3. The van der Waals surface area contributed by atoms with Gasteiger partial charge in [0.1, 0.15) is 6.33 Å². The fourth-order valence-electron chi connectivity index (χ4n) is 4.04. The molecule has 1 aliphatic rings. The maximum Gasteiger partial charge on any atom is 0.251 e. The van der Waals surface area contributed by atoms with Crippen molar-refractivity contribution in [1.82, 2.24) is 25.1 Å². The van der Waals surface area contributed by atoms with Gasteiger partial charge in [0.25, 0.3) is 5.91 Å². The summed E-state index contributed by atoms with van der Waals surface area (Å²) in [6, 6.07) is 6.10. The number of aryl methyl sites for hydroxylation is 2. The number of aromatic amines is 1. The van der Waals surface area contributed by atoms with Gasteiger partial charge in [0.2, 0.25) is 0 Å². The van der Waals surface area contributed by atoms with Crippen LogP contribution in [-0.2, 0) is 24.1 Å². The highest BCUT2D eigenvalue weighted by Crippen LogP contribution is 2.32. The number of hydrogen-bond donors (Lipinski definition) is 2. The molecule has 1 aromatic carbocycles. The molecule has 2 N–H and O–H groups in total. The molecule has 0 aliphatic heterocycles. The SMILES string of the molecule is CCn1c2c(c3cc(C(=O)NCCOCCSc4ncn[nH]4)ccc31)CCCC2. The number of nitrogens with zero attached hydrogens (tertiary/aromatic N) is 3. The number of rotatable bonds is 9. The van der Waals surface area contributed by atoms with Gasteiger partial charge in [-0.3, -0.25) is 9.89 Å². The van der Waals surface area contributed by atoms with Gasteiger partial charge in [-0.1, -0.05) is 11.8 Å². The monoisotopic (exact) mass is 413 g/mol. The molecular formula is C21H27N5O2S. The van der Waals surface area contributed by atoms with Gasteiger partial charge in [-0.05, 0) is 56.4 Å². The highest BCUT2D eigenvalue weighted by Gasteiger charge is 2.20. The van der Waals surface area contributed by atoms with Crippen LogP contribution in [0.4, 0.5) is 0 Å². The molecule has 0 bridgehead atoms. The summed E-state index contributed by atoms with van der Waals surface area (Å²) in [5.74, 6) is 0.750. The zero-order valence-corrected chi connectivity index (χ0v) is 17.6. The van der Waals surface area contributed by atoms with Crippen molar-refractivity contribution in [3.05, 3.63) is 41.3 Å². The van der Waals surface area contributed by atoms with Crippen LogP contribution in [0, 0.1) is 0 Å². The Hall–Kier alpha value is -2.32. The minimum absolute atomic E-state index is 0.0413. The summed E-state index contributed by atoms with van der Waals surface area (Å²) in [6.45, 7) is 4.76. The number of ether oxygens (including phenoxy) is 1. The topological polar surface area (TPSA) is 84.8 Å². The van der Waals surface area contributed by atoms with E-state index in [0.717, 1.165) is 35.9 Å². The van der Waals surface area contributed by atoms with Crippen molar-refractivity contribution in [2.75, 3.05) is 25.5 Å². The van der Waals surface area contributed by atoms with Gasteiger partial charge in [-0.2, -0.15) is 5.10 Å². The van der Waals surface area contributed by atoms with E-state index < -0.39 is 0 Å². The second-order valence-electron chi connectivity index (χ2n) is 7.12. The van der Waals surface area contributed by atoms with E-state index in [2.05, 4.69) is 44.1 Å². The third kappa shape index (κ3) is 4.48. The Balaban J connectivity index is 1.29. The number of hydrogen-bond acceptors (Lipinski definition) is 5. The Morgan fingerprint density at radius 2 is 2.21 bits per heavy atom. The lowest BCUT2D eigenvalue weighted by atomic mass is 9.95. The minimum atomic E-state index is -0.0413. The summed E-state index contributed by atoms with van der Waals surface area (Å²) in [4.78, 5) is 16.6. The second-order valence-corrected chi connectivity index (χ2v) is 8.20. The van der Waals surface area contributed by atoms with Gasteiger partial charge in [0.15, 0.2) is 5.16 Å². The average Bonchev–Trinajstić information content (AvgIpc) is 3.38. The quantitative estimate of drug-likeness (QED) is 0.416. The van der Waals surface area contributed by atoms with Crippen molar-refractivity contribution in [2.45, 2.75) is 44.3 Å². The van der Waals surface area contributed by atoms with Crippen LogP contribution in [0.5, 0.6) is 0 Å². The van der Waals surface area contributed by atoms with Crippen molar-refractivity contribution in [3.8, 4) is 0 Å². The predicted octanol–water partition coefficient (Wildman–Crippen LogP) is 3.20. The van der Waals surface area contributed by atoms with E-state index in [0.29, 0.717) is 19.8 Å². The summed E-state index contributed by atoms with van der Waals surface area (Å²) < 4.78 is 7.99. The van der Waals surface area contributed by atoms with Crippen LogP contribution in [0.25, 0.3) is 10.9 Å². The Kier molecular flexibility index (Phi) is 6.51. The van der Waals surface area contributed by atoms with Gasteiger partial charge in [-0.25, -0.2) is 4.98 Å². The van der Waals surface area contributed by atoms with Crippen LogP contribution < -0.4 is 5.32 Å². The summed E-state index contributed by atoms with van der Waals surface area (Å²) in [6.07, 6.45) is 6.24. The summed E-state index contributed by atoms with van der Waals surface area (Å²) in [7, 11) is 0. The van der Waals surface area contributed by atoms with Gasteiger partial charge in [0, 0.05) is 41.0 Å². The molecule has 0 radical (unpaired) electrons. The van der Waals surface area contributed by atoms with Crippen molar-refractivity contribution in [3.63, 3.8) is 0 Å². The van der Waals surface area contributed by atoms with Crippen LogP contribution in [0.3, 0.4) is 0 Å². The van der Waals surface area contributed by atoms with Crippen LogP contribution in [-0.4, -0.2) is 51.2 Å². The van der Waals surface area contributed by atoms with Gasteiger partial charge in [-0.15, -0.1) is 0 Å². The Morgan fingerprint density at radius 3 is 3.03 bits per heavy atom. The highest BCUT2D eigenvalue weighted by atomic mass is 32.2. The fourth-order valence-corrected chi connectivity index (χ4v) is 4.67. The smallest absolute Gasteiger partial charge is 0.251 e. The number of nitrogens with one attached hydrogen (secondary N) is 2. The van der Waals surface area contributed by atoms with Gasteiger partial charge in [0.05, 0.1) is 13.2 Å². The molecular weight excluding hydrogens is 386 g/mol. The number of thioether (sulfide) groups is 1. The van der Waals surface area contributed by atoms with Crippen LogP contribution in [0.1, 0.15) is 41.4 Å². The van der Waals surface area contributed by atoms with Crippen molar-refractivity contribution in [1.29, 1.82) is 0 Å². The maximum atomic E-state index is 12.6. The van der Waals surface area contributed by atoms with Gasteiger partial charge < -0.3 is 14.6 Å². The van der Waals surface area contributed by atoms with E-state index in [4.69, 9.17) is 4.74 Å². The van der Waals surface area contributed by atoms with Crippen molar-refractivity contribution >= 4 is 28.6 Å². The lowest BCUT2D eigenvalue weighted by Gasteiger charge is -2.14. The molecule has 0 saturated heterocycles. The van der Waals surface area contributed by atoms with E-state index in [1.807, 2.05) is 6.07 Å². The number of amides is 1. The van der Waals surface area contributed by atoms with Gasteiger partial charge >= 0.3 is 0 Å². The molecule has 1 aliphatic carbocycles. The second kappa shape index (κ2) is 9.45. The van der Waals surface area contributed by atoms with Crippen molar-refractivity contribution in [2.24, 2.45) is 0 Å². The standard InChI is InChI=1S/C21H27N5O2S/c1-2-26-18-6-4-3-5-16(18)17-13-15(7-8-19(17)26)20(27)22-9-10-28-11-12-29-21-23-14-24-25-21/h7-8,13-14H,2-6,9-12H2,1H3,(H,22,27)(H,23,24,25). The van der Waals surface area contributed by atoms with E-state index in [1.165, 1.54) is 41.3 Å². The third-order valence-corrected chi connectivity index (χ3v) is 6.19. The summed E-state index contributed by atoms with van der Waals surface area (Å²) in [5.41, 5.74) is 4.88. The first-order valence-corrected chi connectivity index (χ1v) is 11.2. The molecule has 3 aromatic rings. The van der Waals surface area contributed by atoms with Crippen LogP contribution in [0.2, 0.25) is 0 Å². The first kappa shape index (κ1) is 20.0. The maximum absolute atomic E-state index is 12.6. The normalized spacial score (nSPS) is 13.6. The molecule has 154 valence electrons. The fraction of sp³-hybridized carbons (Fsp3) is 0.476. The van der Waals surface area contributed by atoms with Crippen LogP contribution >= 0.6 is 11.8 Å². The molecule has 29 heavy (non-hydrogen) atoms. The Morgan fingerprint density at radius 1 is 1.31 bits per heavy atom. The lowest BCUT2D eigenvalue weighted by molar-refractivity contribution is 0.0924. The predicted molar refractivity (Wildman–Crippen MR) is 115 cm³/mol. The molecule has 2 aromatic heterocycles. The van der Waals surface area contributed by atoms with Crippen molar-refractivity contribution < 1.29 is 9.53 Å². The highest BCUT2D eigenvalue weighted by molar-refractivity contribution is 7.99. The Labute approximate surface area is 174 Å². The molecule has 4 rings (SSSR count). The molecule has 0 unspecified atom stereocenters. The lowest BCUT2D eigenvalue weighted by Crippen LogP contribution is -2.27. The summed E-state index contributed by atoms with van der Waals surface area (Å²) >= 11 is 1.56. The molecule has 8 heteroatoms. The van der Waals surface area contributed by atoms with E-state index in [-0.39, 0.29) is 5.91 Å². The zero-order valence-electron chi connectivity index (χ0n) is 16.7. The molecule has 0 fully saturated rings. The molecule has 0 saturated carbocycles. The first-order chi connectivity index (χ1) is 14.3. The number of aromatic nitrogens is 4. The van der Waals surface area contributed by atoms with E-state index in [9.17, 15) is 4.79 Å². The number of H-pyrrole nitrogens is 1. The van der Waals surface area contributed by atoms with Crippen LogP contribution in [0.15, 0.2) is 29.7 Å². The molecule has 0 spiro atoms. The Bertz CT molecular complexity index is 967. The molecule has 7 nitrogen and oxygen atoms in total. The number of carbonyl (C=O) groups is 1. The number of carbonyl (C=O) groups excluding carboxylic acids is 1. The first-order valence-electron chi connectivity index (χ1n) is 10.3. The average molecular weight is 414 g/mol. The molecule has 1 amide bonds. The summed E-state index contributed by atoms with van der Waals surface area (Å²) in [5, 5.41) is 11.6. The zero-order chi connectivity index (χ0) is 20.1. The number of benzene rings is 1. The van der Waals surface area contributed by atoms with E-state index >= 15 is 0 Å². The largest absolute Gasteiger partial charge is 0.379 e. The van der Waals surface area contributed by atoms with E-state index in [1.54, 1.807) is 11.8 Å².